The van der Waals surface area contributed by atoms with Crippen molar-refractivity contribution in [3.8, 4) is 11.5 Å². The predicted molar refractivity (Wildman–Crippen MR) is 102 cm³/mol. The number of rotatable bonds is 7. The van der Waals surface area contributed by atoms with Gasteiger partial charge in [0.25, 0.3) is 5.91 Å². The molecule has 1 N–H and O–H groups in total. The molecule has 0 saturated carbocycles. The highest BCUT2D eigenvalue weighted by molar-refractivity contribution is 7.07. The second-order valence-electron chi connectivity index (χ2n) is 5.66. The zero-order valence-electron chi connectivity index (χ0n) is 15.4. The van der Waals surface area contributed by atoms with E-state index in [9.17, 15) is 9.59 Å². The van der Waals surface area contributed by atoms with E-state index in [1.807, 2.05) is 0 Å². The average molecular weight is 401 g/mol. The zero-order chi connectivity index (χ0) is 19.9. The average Bonchev–Trinajstić information content (AvgIpc) is 3.38. The Labute approximate surface area is 165 Å². The molecule has 0 unspecified atom stereocenters. The number of hydrogen-bond acceptors (Lipinski definition) is 6. The third-order valence-corrected chi connectivity index (χ3v) is 4.64. The number of ether oxygens (including phenoxy) is 2. The van der Waals surface area contributed by atoms with Crippen LogP contribution >= 0.6 is 11.3 Å². The second-order valence-corrected chi connectivity index (χ2v) is 6.53. The van der Waals surface area contributed by atoms with Gasteiger partial charge in [-0.2, -0.15) is 4.99 Å². The first-order valence-electron chi connectivity index (χ1n) is 8.35. The van der Waals surface area contributed by atoms with Gasteiger partial charge in [-0.15, -0.1) is 11.3 Å². The molecule has 1 aromatic carbocycles. The molecule has 8 nitrogen and oxygen atoms in total. The molecule has 2 heterocycles. The van der Waals surface area contributed by atoms with E-state index in [2.05, 4.69) is 10.3 Å². The van der Waals surface area contributed by atoms with Gasteiger partial charge in [0.2, 0.25) is 5.91 Å². The van der Waals surface area contributed by atoms with Gasteiger partial charge in [-0.05, 0) is 30.3 Å². The number of hydrogen-bond donors (Lipinski definition) is 1. The van der Waals surface area contributed by atoms with E-state index in [1.54, 1.807) is 52.7 Å². The van der Waals surface area contributed by atoms with Crippen molar-refractivity contribution in [2.75, 3.05) is 14.2 Å². The van der Waals surface area contributed by atoms with Crippen LogP contribution in [-0.4, -0.2) is 30.6 Å². The molecule has 9 heteroatoms. The highest BCUT2D eigenvalue weighted by atomic mass is 32.1. The van der Waals surface area contributed by atoms with Gasteiger partial charge in [0, 0.05) is 17.1 Å². The minimum Gasteiger partial charge on any atom is -0.493 e. The fraction of sp³-hybridized carbons (Fsp3) is 0.211. The lowest BCUT2D eigenvalue weighted by Crippen LogP contribution is -2.30. The molecule has 146 valence electrons. The third-order valence-electron chi connectivity index (χ3n) is 3.84. The molecule has 0 atom stereocenters. The van der Waals surface area contributed by atoms with Crippen molar-refractivity contribution in [2.45, 2.75) is 13.1 Å². The lowest BCUT2D eigenvalue weighted by Gasteiger charge is -2.08. The standard InChI is InChI=1S/C19H19N3O5S/c1-25-15-6-5-13(10-16(15)26-2)18(24)21-19-22(7-9-28-19)12-17(23)20-11-14-4-3-8-27-14/h3-10H,11-12H2,1-2H3,(H,20,23). The Hall–Kier alpha value is -3.33. The number of methoxy groups -OCH3 is 2. The lowest BCUT2D eigenvalue weighted by atomic mass is 10.2. The first-order chi connectivity index (χ1) is 13.6. The second kappa shape index (κ2) is 9.05. The van der Waals surface area contributed by atoms with Crippen molar-refractivity contribution in [3.63, 3.8) is 0 Å². The molecule has 0 aliphatic carbocycles. The van der Waals surface area contributed by atoms with E-state index in [1.165, 1.54) is 25.6 Å². The van der Waals surface area contributed by atoms with E-state index >= 15 is 0 Å². The van der Waals surface area contributed by atoms with Crippen LogP contribution in [0.2, 0.25) is 0 Å². The summed E-state index contributed by atoms with van der Waals surface area (Å²) in [7, 11) is 3.02. The van der Waals surface area contributed by atoms with Crippen LogP contribution in [0.3, 0.4) is 0 Å². The highest BCUT2D eigenvalue weighted by Crippen LogP contribution is 2.27. The molecule has 0 spiro atoms. The summed E-state index contributed by atoms with van der Waals surface area (Å²) in [5.74, 6) is 0.985. The Morgan fingerprint density at radius 3 is 2.75 bits per heavy atom. The van der Waals surface area contributed by atoms with Gasteiger partial charge in [0.1, 0.15) is 12.3 Å². The van der Waals surface area contributed by atoms with Crippen molar-refractivity contribution >= 4 is 23.2 Å². The number of carbonyl (C=O) groups excluding carboxylic acids is 2. The maximum absolute atomic E-state index is 12.5. The number of thiazole rings is 1. The minimum absolute atomic E-state index is 0.0439. The first-order valence-corrected chi connectivity index (χ1v) is 9.22. The zero-order valence-corrected chi connectivity index (χ0v) is 16.2. The molecule has 3 aromatic rings. The summed E-state index contributed by atoms with van der Waals surface area (Å²) in [5.41, 5.74) is 0.361. The van der Waals surface area contributed by atoms with Gasteiger partial charge in [0.05, 0.1) is 27.0 Å². The van der Waals surface area contributed by atoms with E-state index in [-0.39, 0.29) is 12.5 Å². The molecule has 0 saturated heterocycles. The third kappa shape index (κ3) is 4.68. The van der Waals surface area contributed by atoms with Crippen LogP contribution in [-0.2, 0) is 17.9 Å². The van der Waals surface area contributed by atoms with E-state index in [0.717, 1.165) is 0 Å². The summed E-state index contributed by atoms with van der Waals surface area (Å²) in [6, 6.07) is 8.36. The van der Waals surface area contributed by atoms with Gasteiger partial charge in [-0.3, -0.25) is 9.59 Å². The number of nitrogens with one attached hydrogen (secondary N) is 1. The Morgan fingerprint density at radius 1 is 1.21 bits per heavy atom. The largest absolute Gasteiger partial charge is 0.493 e. The minimum atomic E-state index is -0.437. The van der Waals surface area contributed by atoms with Crippen LogP contribution in [0, 0.1) is 0 Å². The van der Waals surface area contributed by atoms with Crippen molar-refractivity contribution < 1.29 is 23.5 Å². The fourth-order valence-electron chi connectivity index (χ4n) is 2.44. The maximum Gasteiger partial charge on any atom is 0.279 e. The number of furan rings is 1. The molecule has 0 radical (unpaired) electrons. The number of benzene rings is 1. The number of aromatic nitrogens is 1. The molecule has 0 aliphatic heterocycles. The maximum atomic E-state index is 12.5. The quantitative estimate of drug-likeness (QED) is 0.655. The highest BCUT2D eigenvalue weighted by Gasteiger charge is 2.11. The number of amides is 2. The molecule has 0 fully saturated rings. The summed E-state index contributed by atoms with van der Waals surface area (Å²) < 4.78 is 17.2. The van der Waals surface area contributed by atoms with Crippen molar-refractivity contribution in [2.24, 2.45) is 4.99 Å². The summed E-state index contributed by atoms with van der Waals surface area (Å²) >= 11 is 1.27. The summed E-state index contributed by atoms with van der Waals surface area (Å²) in [6.45, 7) is 0.343. The smallest absolute Gasteiger partial charge is 0.279 e. The number of carbonyl (C=O) groups is 2. The molecule has 3 rings (SSSR count). The van der Waals surface area contributed by atoms with E-state index in [0.29, 0.717) is 34.2 Å². The Balaban J connectivity index is 1.72. The molecule has 0 aliphatic rings. The molecule has 28 heavy (non-hydrogen) atoms. The summed E-state index contributed by atoms with van der Waals surface area (Å²) in [6.07, 6.45) is 3.25. The van der Waals surface area contributed by atoms with Crippen LogP contribution in [0.15, 0.2) is 57.6 Å². The van der Waals surface area contributed by atoms with Crippen molar-refractivity contribution in [3.05, 3.63) is 64.3 Å². The molecule has 2 aromatic heterocycles. The molecule has 2 amide bonds. The Kier molecular flexibility index (Phi) is 6.28. The van der Waals surface area contributed by atoms with Crippen LogP contribution in [0.1, 0.15) is 16.1 Å². The molecule has 0 bridgehead atoms. The van der Waals surface area contributed by atoms with Crippen LogP contribution < -0.4 is 19.6 Å². The van der Waals surface area contributed by atoms with Gasteiger partial charge in [-0.25, -0.2) is 0 Å². The number of nitrogens with zero attached hydrogens (tertiary/aromatic N) is 2. The predicted octanol–water partition coefficient (Wildman–Crippen LogP) is 2.22. The van der Waals surface area contributed by atoms with E-state index < -0.39 is 5.91 Å². The normalized spacial score (nSPS) is 11.3. The Bertz CT molecular complexity index is 1020. The van der Waals surface area contributed by atoms with Crippen molar-refractivity contribution in [1.82, 2.24) is 9.88 Å². The van der Waals surface area contributed by atoms with Gasteiger partial charge < -0.3 is 23.8 Å². The van der Waals surface area contributed by atoms with Crippen LogP contribution in [0.5, 0.6) is 11.5 Å². The lowest BCUT2D eigenvalue weighted by molar-refractivity contribution is -0.121. The van der Waals surface area contributed by atoms with Gasteiger partial charge in [-0.1, -0.05) is 0 Å². The van der Waals surface area contributed by atoms with Crippen LogP contribution in [0.25, 0.3) is 0 Å². The SMILES string of the molecule is COc1ccc(C(=O)N=c2sccn2CC(=O)NCc2ccco2)cc1OC. The summed E-state index contributed by atoms with van der Waals surface area (Å²) in [4.78, 5) is 29.2. The molecular formula is C19H19N3O5S. The monoisotopic (exact) mass is 401 g/mol. The summed E-state index contributed by atoms with van der Waals surface area (Å²) in [5, 5.41) is 4.52. The Morgan fingerprint density at radius 2 is 2.04 bits per heavy atom. The fourth-order valence-corrected chi connectivity index (χ4v) is 3.16. The van der Waals surface area contributed by atoms with Crippen LogP contribution in [0.4, 0.5) is 0 Å². The van der Waals surface area contributed by atoms with Crippen molar-refractivity contribution in [1.29, 1.82) is 0 Å². The van der Waals surface area contributed by atoms with E-state index in [4.69, 9.17) is 13.9 Å². The van der Waals surface area contributed by atoms with Gasteiger partial charge in [0.15, 0.2) is 16.3 Å². The molecular weight excluding hydrogens is 382 g/mol. The first kappa shape index (κ1) is 19.4. The van der Waals surface area contributed by atoms with Gasteiger partial charge >= 0.3 is 0 Å². The topological polar surface area (TPSA) is 95.1 Å².